The lowest BCUT2D eigenvalue weighted by atomic mass is 10.1. The third-order valence-electron chi connectivity index (χ3n) is 9.27. The second-order valence-electron chi connectivity index (χ2n) is 15.2. The Kier molecular flexibility index (Phi) is 46.8. The fourth-order valence-electron chi connectivity index (χ4n) is 5.69. The van der Waals surface area contributed by atoms with Crippen molar-refractivity contribution in [2.45, 2.75) is 155 Å². The number of hydrogen-bond donors (Lipinski definition) is 0. The van der Waals surface area contributed by atoms with Crippen LogP contribution in [-0.4, -0.2) is 37.2 Å². The topological polar surface area (TPSA) is 78.9 Å². The molecule has 0 saturated heterocycles. The Labute approximate surface area is 395 Å². The zero-order valence-electron chi connectivity index (χ0n) is 40.4. The first-order valence-electron chi connectivity index (χ1n) is 24.5. The van der Waals surface area contributed by atoms with Crippen molar-refractivity contribution >= 4 is 17.9 Å². The number of allylic oxidation sites excluding steroid dienone is 30. The smallest absolute Gasteiger partial charge is 0.306 e. The summed E-state index contributed by atoms with van der Waals surface area (Å²) in [6, 6.07) is 0. The van der Waals surface area contributed by atoms with E-state index in [0.717, 1.165) is 77.0 Å². The second kappa shape index (κ2) is 51.1. The summed E-state index contributed by atoms with van der Waals surface area (Å²) in [4.78, 5) is 37.9. The first kappa shape index (κ1) is 59.5. The van der Waals surface area contributed by atoms with Gasteiger partial charge in [-0.15, -0.1) is 0 Å². The van der Waals surface area contributed by atoms with Crippen LogP contribution >= 0.6 is 0 Å². The number of hydrogen-bond acceptors (Lipinski definition) is 6. The van der Waals surface area contributed by atoms with Gasteiger partial charge in [-0.3, -0.25) is 14.4 Å². The van der Waals surface area contributed by atoms with Crippen molar-refractivity contribution in [3.63, 3.8) is 0 Å². The van der Waals surface area contributed by atoms with Crippen LogP contribution in [0.25, 0.3) is 0 Å². The predicted molar refractivity (Wildman–Crippen MR) is 278 cm³/mol. The fraction of sp³-hybridized carbons (Fsp3) is 0.441. The number of esters is 3. The zero-order chi connectivity index (χ0) is 47.2. The fourth-order valence-corrected chi connectivity index (χ4v) is 5.69. The Balaban J connectivity index is 4.65. The highest BCUT2D eigenvalue weighted by Gasteiger charge is 2.19. The molecule has 0 aromatic heterocycles. The molecule has 0 aliphatic carbocycles. The molecule has 1 atom stereocenters. The molecular weight excluding hydrogens is 805 g/mol. The Bertz CT molecular complexity index is 1630. The summed E-state index contributed by atoms with van der Waals surface area (Å²) < 4.78 is 16.6. The largest absolute Gasteiger partial charge is 0.462 e. The summed E-state index contributed by atoms with van der Waals surface area (Å²) in [6.07, 6.45) is 77.3. The van der Waals surface area contributed by atoms with Gasteiger partial charge in [-0.25, -0.2) is 0 Å². The molecule has 1 unspecified atom stereocenters. The van der Waals surface area contributed by atoms with Crippen molar-refractivity contribution in [3.05, 3.63) is 182 Å². The van der Waals surface area contributed by atoms with Gasteiger partial charge in [0.1, 0.15) is 13.2 Å². The van der Waals surface area contributed by atoms with Crippen LogP contribution in [0.5, 0.6) is 0 Å². The van der Waals surface area contributed by atoms with E-state index in [9.17, 15) is 14.4 Å². The summed E-state index contributed by atoms with van der Waals surface area (Å²) in [7, 11) is 0. The number of rotatable bonds is 40. The molecule has 0 aromatic rings. The Hall–Kier alpha value is -5.49. The SMILES string of the molecule is CC/C=C/C=C/C=C/C=C/C=C/C=C/C=C/CCCCCC(=O)OCC(COC(=O)CCC/C=C/C=C/C=C/C=C/C=C/CC)OC(=O)CCCCCCCCC/C=C/C=C/C=C/CC. The molecule has 0 fully saturated rings. The lowest BCUT2D eigenvalue weighted by molar-refractivity contribution is -0.167. The monoisotopic (exact) mass is 889 g/mol. The normalized spacial score (nSPS) is 13.7. The molecule has 0 amide bonds. The van der Waals surface area contributed by atoms with E-state index in [0.29, 0.717) is 12.8 Å². The maximum Gasteiger partial charge on any atom is 0.306 e. The van der Waals surface area contributed by atoms with Crippen LogP contribution < -0.4 is 0 Å². The van der Waals surface area contributed by atoms with Crippen LogP contribution in [0.1, 0.15) is 149 Å². The average molecular weight is 889 g/mol. The number of unbranched alkanes of at least 4 members (excludes halogenated alkanes) is 11. The Morgan fingerprint density at radius 2 is 0.569 bits per heavy atom. The average Bonchev–Trinajstić information content (AvgIpc) is 3.30. The van der Waals surface area contributed by atoms with E-state index in [1.165, 1.54) is 19.3 Å². The molecule has 0 spiro atoms. The summed E-state index contributed by atoms with van der Waals surface area (Å²) in [5, 5.41) is 0. The molecule has 0 N–H and O–H groups in total. The third kappa shape index (κ3) is 49.4. The molecule has 6 nitrogen and oxygen atoms in total. The van der Waals surface area contributed by atoms with Crippen LogP contribution in [0.4, 0.5) is 0 Å². The van der Waals surface area contributed by atoms with Gasteiger partial charge in [0, 0.05) is 19.3 Å². The van der Waals surface area contributed by atoms with Crippen LogP contribution in [0.2, 0.25) is 0 Å². The van der Waals surface area contributed by atoms with Crippen molar-refractivity contribution in [1.29, 1.82) is 0 Å². The molecule has 0 heterocycles. The van der Waals surface area contributed by atoms with Crippen molar-refractivity contribution in [2.24, 2.45) is 0 Å². The molecule has 0 rings (SSSR count). The molecule has 0 bridgehead atoms. The maximum atomic E-state index is 12.8. The lowest BCUT2D eigenvalue weighted by Crippen LogP contribution is -2.30. The van der Waals surface area contributed by atoms with E-state index in [2.05, 4.69) is 75.5 Å². The van der Waals surface area contributed by atoms with Crippen LogP contribution in [0.15, 0.2) is 182 Å². The van der Waals surface area contributed by atoms with Crippen molar-refractivity contribution < 1.29 is 28.6 Å². The van der Waals surface area contributed by atoms with E-state index >= 15 is 0 Å². The van der Waals surface area contributed by atoms with E-state index in [4.69, 9.17) is 14.2 Å². The predicted octanol–water partition coefficient (Wildman–Crippen LogP) is 16.2. The third-order valence-corrected chi connectivity index (χ3v) is 9.27. The Morgan fingerprint density at radius 3 is 0.938 bits per heavy atom. The van der Waals surface area contributed by atoms with Gasteiger partial charge >= 0.3 is 17.9 Å². The van der Waals surface area contributed by atoms with Crippen LogP contribution in [0.3, 0.4) is 0 Å². The maximum absolute atomic E-state index is 12.8. The van der Waals surface area contributed by atoms with Crippen molar-refractivity contribution in [1.82, 2.24) is 0 Å². The van der Waals surface area contributed by atoms with Gasteiger partial charge in [-0.2, -0.15) is 0 Å². The van der Waals surface area contributed by atoms with Crippen molar-refractivity contribution in [3.8, 4) is 0 Å². The van der Waals surface area contributed by atoms with Gasteiger partial charge in [0.05, 0.1) is 0 Å². The zero-order valence-corrected chi connectivity index (χ0v) is 40.4. The van der Waals surface area contributed by atoms with Gasteiger partial charge in [0.15, 0.2) is 6.10 Å². The minimum Gasteiger partial charge on any atom is -0.462 e. The molecule has 0 aromatic carbocycles. The summed E-state index contributed by atoms with van der Waals surface area (Å²) >= 11 is 0. The number of ether oxygens (including phenoxy) is 3. The second-order valence-corrected chi connectivity index (χ2v) is 15.2. The summed E-state index contributed by atoms with van der Waals surface area (Å²) in [5.74, 6) is -1.09. The van der Waals surface area contributed by atoms with Gasteiger partial charge in [-0.1, -0.05) is 242 Å². The van der Waals surface area contributed by atoms with Gasteiger partial charge < -0.3 is 14.2 Å². The molecule has 0 radical (unpaired) electrons. The summed E-state index contributed by atoms with van der Waals surface area (Å²) in [6.45, 7) is 6.06. The van der Waals surface area contributed by atoms with E-state index in [1.807, 2.05) is 128 Å². The lowest BCUT2D eigenvalue weighted by Gasteiger charge is -2.18. The number of carbonyl (C=O) groups excluding carboxylic acids is 3. The first-order chi connectivity index (χ1) is 32.0. The number of carbonyl (C=O) groups is 3. The molecule has 0 aliphatic rings. The highest BCUT2D eigenvalue weighted by molar-refractivity contribution is 5.71. The van der Waals surface area contributed by atoms with E-state index < -0.39 is 6.10 Å². The highest BCUT2D eigenvalue weighted by atomic mass is 16.6. The van der Waals surface area contributed by atoms with Crippen LogP contribution in [0, 0.1) is 0 Å². The van der Waals surface area contributed by atoms with Gasteiger partial charge in [-0.05, 0) is 70.6 Å². The first-order valence-corrected chi connectivity index (χ1v) is 24.5. The van der Waals surface area contributed by atoms with Crippen molar-refractivity contribution in [2.75, 3.05) is 13.2 Å². The minimum absolute atomic E-state index is 0.141. The van der Waals surface area contributed by atoms with E-state index in [-0.39, 0.29) is 50.4 Å². The van der Waals surface area contributed by atoms with E-state index in [1.54, 1.807) is 0 Å². The molecular formula is C59H84O6. The van der Waals surface area contributed by atoms with Crippen LogP contribution in [-0.2, 0) is 28.6 Å². The molecule has 6 heteroatoms. The molecule has 356 valence electrons. The van der Waals surface area contributed by atoms with Gasteiger partial charge in [0.25, 0.3) is 0 Å². The van der Waals surface area contributed by atoms with Gasteiger partial charge in [0.2, 0.25) is 0 Å². The molecule has 0 aliphatic heterocycles. The summed E-state index contributed by atoms with van der Waals surface area (Å²) in [5.41, 5.74) is 0. The minimum atomic E-state index is -0.843. The molecule has 65 heavy (non-hydrogen) atoms. The standard InChI is InChI=1S/C59H84O6/c1-4-7-10-13-16-19-22-25-27-28-29-30-32-34-37-40-43-46-49-52-58(61)64-55-56(54-63-57(60)51-48-45-42-39-36-33-24-21-18-15-12-9-6-3)65-59(62)53-50-47-44-41-38-35-31-26-23-20-17-14-11-8-5-2/h7-25,27-30,32-34,36-37,39,42,56H,4-6,26,31,35,38,40-41,43-55H2,1-3H3/b10-7+,11-8+,12-9+,16-13+,17-14+,18-15+,22-19+,23-20+,24-21+,27-25+,29-28+,32-30+,36-33+,37-34+,42-39+. The Morgan fingerprint density at radius 1 is 0.308 bits per heavy atom. The highest BCUT2D eigenvalue weighted by Crippen LogP contribution is 2.12. The molecule has 0 saturated carbocycles. The quantitative estimate of drug-likeness (QED) is 0.0264.